The summed E-state index contributed by atoms with van der Waals surface area (Å²) in [5.41, 5.74) is 1.45. The average molecular weight is 421 g/mol. The zero-order chi connectivity index (χ0) is 21.6. The highest BCUT2D eigenvalue weighted by Crippen LogP contribution is 2.32. The van der Waals surface area contributed by atoms with Gasteiger partial charge in [0.2, 0.25) is 0 Å². The molecule has 1 heterocycles. The molecule has 0 atom stereocenters. The van der Waals surface area contributed by atoms with Crippen molar-refractivity contribution in [1.29, 1.82) is 0 Å². The molecule has 1 aliphatic rings. The number of morpholine rings is 1. The van der Waals surface area contributed by atoms with Crippen LogP contribution in [0.15, 0.2) is 48.5 Å². The summed E-state index contributed by atoms with van der Waals surface area (Å²) in [7, 11) is 1.49. The molecule has 2 aromatic rings. The zero-order valence-electron chi connectivity index (χ0n) is 16.9. The van der Waals surface area contributed by atoms with Gasteiger partial charge in [0.15, 0.2) is 0 Å². The van der Waals surface area contributed by atoms with Crippen LogP contribution >= 0.6 is 0 Å². The van der Waals surface area contributed by atoms with Crippen LogP contribution < -0.4 is 5.32 Å². The van der Waals surface area contributed by atoms with Gasteiger partial charge in [0, 0.05) is 39.8 Å². The molecule has 0 aromatic heterocycles. The van der Waals surface area contributed by atoms with E-state index in [9.17, 15) is 18.0 Å². The van der Waals surface area contributed by atoms with E-state index in [0.717, 1.165) is 36.8 Å². The van der Waals surface area contributed by atoms with Crippen molar-refractivity contribution in [3.8, 4) is 0 Å². The van der Waals surface area contributed by atoms with Crippen LogP contribution in [0.25, 0.3) is 0 Å². The second-order valence-electron chi connectivity index (χ2n) is 7.33. The lowest BCUT2D eigenvalue weighted by atomic mass is 10.1. The summed E-state index contributed by atoms with van der Waals surface area (Å²) < 4.78 is 44.9. The molecule has 0 spiro atoms. The lowest BCUT2D eigenvalue weighted by molar-refractivity contribution is -0.138. The molecule has 30 heavy (non-hydrogen) atoms. The molecule has 3 rings (SSSR count). The van der Waals surface area contributed by atoms with Crippen molar-refractivity contribution in [2.75, 3.05) is 33.4 Å². The molecule has 0 radical (unpaired) electrons. The van der Waals surface area contributed by atoms with Crippen molar-refractivity contribution in [1.82, 2.24) is 15.1 Å². The number of carbonyl (C=O) groups excluding carboxylic acids is 1. The Bertz CT molecular complexity index is 852. The lowest BCUT2D eigenvalue weighted by Crippen LogP contribution is -2.38. The van der Waals surface area contributed by atoms with Gasteiger partial charge in [-0.05, 0) is 22.8 Å². The van der Waals surface area contributed by atoms with E-state index >= 15 is 0 Å². The number of nitrogens with one attached hydrogen (secondary N) is 1. The number of carbonyl (C=O) groups is 1. The van der Waals surface area contributed by atoms with Crippen molar-refractivity contribution < 1.29 is 22.7 Å². The Morgan fingerprint density at radius 2 is 1.63 bits per heavy atom. The van der Waals surface area contributed by atoms with E-state index in [4.69, 9.17) is 4.74 Å². The fraction of sp³-hybridized carbons (Fsp3) is 0.409. The largest absolute Gasteiger partial charge is 0.416 e. The molecule has 2 amide bonds. The molecule has 2 aromatic carbocycles. The van der Waals surface area contributed by atoms with E-state index in [0.29, 0.717) is 19.8 Å². The first kappa shape index (κ1) is 22.1. The Morgan fingerprint density at radius 1 is 1.03 bits per heavy atom. The number of nitrogens with zero attached hydrogens (tertiary/aromatic N) is 2. The Morgan fingerprint density at radius 3 is 2.30 bits per heavy atom. The van der Waals surface area contributed by atoms with Crippen LogP contribution in [-0.2, 0) is 30.5 Å². The molecule has 1 aliphatic heterocycles. The fourth-order valence-electron chi connectivity index (χ4n) is 3.45. The molecule has 1 fully saturated rings. The lowest BCUT2D eigenvalue weighted by Gasteiger charge is -2.27. The van der Waals surface area contributed by atoms with Crippen LogP contribution in [0.2, 0.25) is 0 Å². The SMILES string of the molecule is CN(Cc1ccccc1C(F)(F)F)C(=O)NCc1ccccc1CN1CCOCC1. The number of amides is 2. The van der Waals surface area contributed by atoms with E-state index in [1.165, 1.54) is 30.1 Å². The molecule has 1 N–H and O–H groups in total. The van der Waals surface area contributed by atoms with Crippen LogP contribution in [0.5, 0.6) is 0 Å². The maximum absolute atomic E-state index is 13.2. The first-order valence-corrected chi connectivity index (χ1v) is 9.85. The Balaban J connectivity index is 1.60. The van der Waals surface area contributed by atoms with Crippen LogP contribution in [0.4, 0.5) is 18.0 Å². The first-order chi connectivity index (χ1) is 14.3. The molecule has 8 heteroatoms. The van der Waals surface area contributed by atoms with Gasteiger partial charge in [0.25, 0.3) is 0 Å². The van der Waals surface area contributed by atoms with Gasteiger partial charge in [0.1, 0.15) is 0 Å². The summed E-state index contributed by atoms with van der Waals surface area (Å²) in [6.07, 6.45) is -4.45. The van der Waals surface area contributed by atoms with E-state index in [1.54, 1.807) is 0 Å². The third-order valence-corrected chi connectivity index (χ3v) is 5.12. The second-order valence-corrected chi connectivity index (χ2v) is 7.33. The number of alkyl halides is 3. The molecule has 5 nitrogen and oxygen atoms in total. The highest BCUT2D eigenvalue weighted by atomic mass is 19.4. The number of urea groups is 1. The maximum atomic E-state index is 13.2. The first-order valence-electron chi connectivity index (χ1n) is 9.85. The number of benzene rings is 2. The van der Waals surface area contributed by atoms with Crippen LogP contribution in [0.1, 0.15) is 22.3 Å². The van der Waals surface area contributed by atoms with Gasteiger partial charge in [-0.25, -0.2) is 4.79 Å². The molecular weight excluding hydrogens is 395 g/mol. The summed E-state index contributed by atoms with van der Waals surface area (Å²) in [5, 5.41) is 2.82. The van der Waals surface area contributed by atoms with Gasteiger partial charge >= 0.3 is 12.2 Å². The molecule has 162 valence electrons. The highest BCUT2D eigenvalue weighted by molar-refractivity contribution is 5.74. The number of hydrogen-bond donors (Lipinski definition) is 1. The van der Waals surface area contributed by atoms with Crippen LogP contribution in [0.3, 0.4) is 0 Å². The predicted octanol–water partition coefficient (Wildman–Crippen LogP) is 3.88. The van der Waals surface area contributed by atoms with Crippen LogP contribution in [0, 0.1) is 0 Å². The minimum Gasteiger partial charge on any atom is -0.379 e. The molecule has 0 saturated carbocycles. The number of hydrogen-bond acceptors (Lipinski definition) is 3. The summed E-state index contributed by atoms with van der Waals surface area (Å²) in [4.78, 5) is 16.0. The molecule has 0 aliphatic carbocycles. The van der Waals surface area contributed by atoms with Gasteiger partial charge in [-0.1, -0.05) is 42.5 Å². The van der Waals surface area contributed by atoms with Gasteiger partial charge in [0.05, 0.1) is 18.8 Å². The monoisotopic (exact) mass is 421 g/mol. The topological polar surface area (TPSA) is 44.8 Å². The van der Waals surface area contributed by atoms with Crippen LogP contribution in [-0.4, -0.2) is 49.2 Å². The average Bonchev–Trinajstić information content (AvgIpc) is 2.73. The number of ether oxygens (including phenoxy) is 1. The molecule has 0 bridgehead atoms. The fourth-order valence-corrected chi connectivity index (χ4v) is 3.45. The summed E-state index contributed by atoms with van der Waals surface area (Å²) in [6.45, 7) is 4.10. The minimum absolute atomic E-state index is 0.0652. The standard InChI is InChI=1S/C22H26F3N3O2/c1-27(15-19-8-4-5-9-20(19)22(23,24)25)21(29)26-14-17-6-2-3-7-18(17)16-28-10-12-30-13-11-28/h2-9H,10-16H2,1H3,(H,26,29). The zero-order valence-corrected chi connectivity index (χ0v) is 16.9. The van der Waals surface area contributed by atoms with Crippen molar-refractivity contribution in [3.05, 3.63) is 70.8 Å². The van der Waals surface area contributed by atoms with Crippen molar-refractivity contribution in [2.24, 2.45) is 0 Å². The Hall–Kier alpha value is -2.58. The molecule has 1 saturated heterocycles. The van der Waals surface area contributed by atoms with E-state index in [1.807, 2.05) is 24.3 Å². The quantitative estimate of drug-likeness (QED) is 0.770. The molecule has 0 unspecified atom stereocenters. The second kappa shape index (κ2) is 9.95. The number of halogens is 3. The highest BCUT2D eigenvalue weighted by Gasteiger charge is 2.33. The van der Waals surface area contributed by atoms with Gasteiger partial charge in [-0.2, -0.15) is 13.2 Å². The van der Waals surface area contributed by atoms with E-state index < -0.39 is 17.8 Å². The van der Waals surface area contributed by atoms with Gasteiger partial charge < -0.3 is 15.0 Å². The smallest absolute Gasteiger partial charge is 0.379 e. The number of rotatable bonds is 6. The maximum Gasteiger partial charge on any atom is 0.416 e. The van der Waals surface area contributed by atoms with Gasteiger partial charge in [-0.15, -0.1) is 0 Å². The normalized spacial score (nSPS) is 15.1. The van der Waals surface area contributed by atoms with Crippen molar-refractivity contribution in [2.45, 2.75) is 25.8 Å². The van der Waals surface area contributed by atoms with Crippen molar-refractivity contribution in [3.63, 3.8) is 0 Å². The predicted molar refractivity (Wildman–Crippen MR) is 108 cm³/mol. The Kier molecular flexibility index (Phi) is 7.33. The molecular formula is C22H26F3N3O2. The summed E-state index contributed by atoms with van der Waals surface area (Å²) in [6, 6.07) is 12.7. The minimum atomic E-state index is -4.45. The summed E-state index contributed by atoms with van der Waals surface area (Å²) >= 11 is 0. The van der Waals surface area contributed by atoms with E-state index in [-0.39, 0.29) is 12.1 Å². The van der Waals surface area contributed by atoms with Crippen molar-refractivity contribution >= 4 is 6.03 Å². The summed E-state index contributed by atoms with van der Waals surface area (Å²) in [5.74, 6) is 0. The van der Waals surface area contributed by atoms with Gasteiger partial charge in [-0.3, -0.25) is 4.90 Å². The van der Waals surface area contributed by atoms with E-state index in [2.05, 4.69) is 10.2 Å². The third-order valence-electron chi connectivity index (χ3n) is 5.12. The Labute approximate surface area is 174 Å². The third kappa shape index (κ3) is 5.96.